The van der Waals surface area contributed by atoms with E-state index >= 15 is 0 Å². The van der Waals surface area contributed by atoms with E-state index in [-0.39, 0.29) is 18.1 Å². The molecule has 1 aliphatic heterocycles. The number of carbonyl (C=O) groups excluding carboxylic acids is 1. The summed E-state index contributed by atoms with van der Waals surface area (Å²) < 4.78 is 5.81. The van der Waals surface area contributed by atoms with Gasteiger partial charge in [-0.3, -0.25) is 4.79 Å². The summed E-state index contributed by atoms with van der Waals surface area (Å²) in [6, 6.07) is 0. The van der Waals surface area contributed by atoms with Crippen molar-refractivity contribution in [3.8, 4) is 0 Å². The van der Waals surface area contributed by atoms with Crippen molar-refractivity contribution in [3.05, 3.63) is 0 Å². The number of nitrogens with zero attached hydrogens (tertiary/aromatic N) is 1. The van der Waals surface area contributed by atoms with Gasteiger partial charge in [0.2, 0.25) is 5.91 Å². The zero-order valence-electron chi connectivity index (χ0n) is 11.6. The average molecular weight is 254 g/mol. The molecule has 2 fully saturated rings. The molecule has 18 heavy (non-hydrogen) atoms. The summed E-state index contributed by atoms with van der Waals surface area (Å²) in [6.07, 6.45) is 4.61. The Bertz CT molecular complexity index is 296. The summed E-state index contributed by atoms with van der Waals surface area (Å²) in [6.45, 7) is 6.31. The molecule has 2 unspecified atom stereocenters. The maximum atomic E-state index is 12.6. The SMILES string of the molecule is CCC1CN(C(=O)[C@@H]2CCC[C@@H]2CN)CC(C)O1. The van der Waals surface area contributed by atoms with Crippen molar-refractivity contribution in [2.45, 2.75) is 51.7 Å². The molecule has 4 nitrogen and oxygen atoms in total. The van der Waals surface area contributed by atoms with Gasteiger partial charge in [0.05, 0.1) is 12.2 Å². The Kier molecular flexibility index (Phi) is 4.62. The van der Waals surface area contributed by atoms with Gasteiger partial charge in [-0.25, -0.2) is 0 Å². The molecular formula is C14H26N2O2. The van der Waals surface area contributed by atoms with Crippen LogP contribution in [0.2, 0.25) is 0 Å². The van der Waals surface area contributed by atoms with Crippen LogP contribution in [0.1, 0.15) is 39.5 Å². The third-order valence-corrected chi connectivity index (χ3v) is 4.37. The maximum Gasteiger partial charge on any atom is 0.226 e. The number of ether oxygens (including phenoxy) is 1. The molecule has 104 valence electrons. The Morgan fingerprint density at radius 1 is 1.39 bits per heavy atom. The molecule has 0 spiro atoms. The highest BCUT2D eigenvalue weighted by Gasteiger charge is 2.37. The molecule has 2 N–H and O–H groups in total. The fourth-order valence-corrected chi connectivity index (χ4v) is 3.33. The van der Waals surface area contributed by atoms with E-state index in [9.17, 15) is 4.79 Å². The van der Waals surface area contributed by atoms with Crippen molar-refractivity contribution >= 4 is 5.91 Å². The van der Waals surface area contributed by atoms with Crippen molar-refractivity contribution in [1.29, 1.82) is 0 Å². The van der Waals surface area contributed by atoms with E-state index < -0.39 is 0 Å². The number of nitrogens with two attached hydrogens (primary N) is 1. The summed E-state index contributed by atoms with van der Waals surface area (Å²) in [5.41, 5.74) is 5.78. The van der Waals surface area contributed by atoms with Gasteiger partial charge in [0, 0.05) is 19.0 Å². The quantitative estimate of drug-likeness (QED) is 0.828. The van der Waals surface area contributed by atoms with E-state index in [0.29, 0.717) is 18.4 Å². The molecule has 0 radical (unpaired) electrons. The smallest absolute Gasteiger partial charge is 0.226 e. The van der Waals surface area contributed by atoms with Gasteiger partial charge in [-0.05, 0) is 38.6 Å². The minimum absolute atomic E-state index is 0.158. The van der Waals surface area contributed by atoms with Crippen LogP contribution in [-0.2, 0) is 9.53 Å². The third-order valence-electron chi connectivity index (χ3n) is 4.37. The molecule has 0 aromatic heterocycles. The summed E-state index contributed by atoms with van der Waals surface area (Å²) in [7, 11) is 0. The van der Waals surface area contributed by atoms with Gasteiger partial charge in [-0.1, -0.05) is 13.3 Å². The van der Waals surface area contributed by atoms with Gasteiger partial charge in [0.15, 0.2) is 0 Å². The van der Waals surface area contributed by atoms with Crippen molar-refractivity contribution in [3.63, 3.8) is 0 Å². The molecule has 1 aliphatic carbocycles. The second-order valence-corrected chi connectivity index (χ2v) is 5.75. The third kappa shape index (κ3) is 2.86. The zero-order valence-corrected chi connectivity index (χ0v) is 11.6. The van der Waals surface area contributed by atoms with E-state index in [1.165, 1.54) is 0 Å². The van der Waals surface area contributed by atoms with Crippen LogP contribution in [-0.4, -0.2) is 42.6 Å². The standard InChI is InChI=1S/C14H26N2O2/c1-3-12-9-16(8-10(2)18-12)14(17)13-6-4-5-11(13)7-15/h10-13H,3-9,15H2,1-2H3/t10?,11-,12?,13-/m1/s1. The first-order chi connectivity index (χ1) is 8.65. The second kappa shape index (κ2) is 6.02. The molecule has 2 aliphatic rings. The molecule has 0 bridgehead atoms. The molecule has 4 heteroatoms. The second-order valence-electron chi connectivity index (χ2n) is 5.75. The maximum absolute atomic E-state index is 12.6. The van der Waals surface area contributed by atoms with E-state index in [1.807, 2.05) is 4.90 Å². The number of amides is 1. The van der Waals surface area contributed by atoms with Gasteiger partial charge in [-0.2, -0.15) is 0 Å². The summed E-state index contributed by atoms with van der Waals surface area (Å²) >= 11 is 0. The molecule has 1 heterocycles. The van der Waals surface area contributed by atoms with Gasteiger partial charge >= 0.3 is 0 Å². The molecule has 1 saturated carbocycles. The van der Waals surface area contributed by atoms with Crippen LogP contribution in [0.3, 0.4) is 0 Å². The summed E-state index contributed by atoms with van der Waals surface area (Å²) in [5, 5.41) is 0. The Morgan fingerprint density at radius 2 is 2.17 bits per heavy atom. The fourth-order valence-electron chi connectivity index (χ4n) is 3.33. The monoisotopic (exact) mass is 254 g/mol. The highest BCUT2D eigenvalue weighted by atomic mass is 16.5. The first-order valence-corrected chi connectivity index (χ1v) is 7.30. The van der Waals surface area contributed by atoms with Crippen molar-refractivity contribution in [2.24, 2.45) is 17.6 Å². The largest absolute Gasteiger partial charge is 0.372 e. The molecular weight excluding hydrogens is 228 g/mol. The van der Waals surface area contributed by atoms with Crippen LogP contribution in [0.25, 0.3) is 0 Å². The van der Waals surface area contributed by atoms with Crippen molar-refractivity contribution in [1.82, 2.24) is 4.90 Å². The van der Waals surface area contributed by atoms with Gasteiger partial charge in [-0.15, -0.1) is 0 Å². The first kappa shape index (κ1) is 13.8. The number of morpholine rings is 1. The van der Waals surface area contributed by atoms with E-state index in [0.717, 1.165) is 38.8 Å². The molecule has 1 saturated heterocycles. The number of carbonyl (C=O) groups is 1. The van der Waals surface area contributed by atoms with Crippen LogP contribution >= 0.6 is 0 Å². The molecule has 0 aromatic rings. The Morgan fingerprint density at radius 3 is 2.83 bits per heavy atom. The van der Waals surface area contributed by atoms with E-state index in [1.54, 1.807) is 0 Å². The van der Waals surface area contributed by atoms with E-state index in [2.05, 4.69) is 13.8 Å². The van der Waals surface area contributed by atoms with Crippen molar-refractivity contribution < 1.29 is 9.53 Å². The summed E-state index contributed by atoms with van der Waals surface area (Å²) in [5.74, 6) is 0.880. The Hall–Kier alpha value is -0.610. The van der Waals surface area contributed by atoms with Gasteiger partial charge in [0.25, 0.3) is 0 Å². The predicted molar refractivity (Wildman–Crippen MR) is 71.1 cm³/mol. The molecule has 1 amide bonds. The highest BCUT2D eigenvalue weighted by Crippen LogP contribution is 2.33. The molecule has 4 atom stereocenters. The van der Waals surface area contributed by atoms with Gasteiger partial charge < -0.3 is 15.4 Å². The Labute approximate surface area is 110 Å². The number of rotatable bonds is 3. The van der Waals surface area contributed by atoms with Crippen LogP contribution in [0.5, 0.6) is 0 Å². The fraction of sp³-hybridized carbons (Fsp3) is 0.929. The van der Waals surface area contributed by atoms with E-state index in [4.69, 9.17) is 10.5 Å². The lowest BCUT2D eigenvalue weighted by Crippen LogP contribution is -2.51. The predicted octanol–water partition coefficient (Wildman–Crippen LogP) is 1.39. The minimum atomic E-state index is 0.158. The average Bonchev–Trinajstić information content (AvgIpc) is 2.85. The zero-order chi connectivity index (χ0) is 13.1. The summed E-state index contributed by atoms with van der Waals surface area (Å²) in [4.78, 5) is 14.6. The lowest BCUT2D eigenvalue weighted by atomic mass is 9.94. The topological polar surface area (TPSA) is 55.6 Å². The highest BCUT2D eigenvalue weighted by molar-refractivity contribution is 5.79. The van der Waals surface area contributed by atoms with Crippen LogP contribution in [0.4, 0.5) is 0 Å². The van der Waals surface area contributed by atoms with Crippen LogP contribution in [0, 0.1) is 11.8 Å². The molecule has 0 aromatic carbocycles. The van der Waals surface area contributed by atoms with Crippen LogP contribution in [0.15, 0.2) is 0 Å². The number of hydrogen-bond acceptors (Lipinski definition) is 3. The lowest BCUT2D eigenvalue weighted by Gasteiger charge is -2.38. The van der Waals surface area contributed by atoms with Crippen LogP contribution < -0.4 is 5.73 Å². The lowest BCUT2D eigenvalue weighted by molar-refractivity contribution is -0.149. The normalized spacial score (nSPS) is 36.9. The van der Waals surface area contributed by atoms with Gasteiger partial charge in [0.1, 0.15) is 0 Å². The minimum Gasteiger partial charge on any atom is -0.372 e. The Balaban J connectivity index is 1.99. The first-order valence-electron chi connectivity index (χ1n) is 7.30. The van der Waals surface area contributed by atoms with Crippen molar-refractivity contribution in [2.75, 3.05) is 19.6 Å². The number of hydrogen-bond donors (Lipinski definition) is 1. The molecule has 2 rings (SSSR count).